The van der Waals surface area contributed by atoms with Crippen molar-refractivity contribution >= 4 is 24.5 Å². The van der Waals surface area contributed by atoms with Gasteiger partial charge in [-0.05, 0) is 37.5 Å². The lowest BCUT2D eigenvalue weighted by Gasteiger charge is -2.18. The lowest BCUT2D eigenvalue weighted by Crippen LogP contribution is -2.14. The van der Waals surface area contributed by atoms with Gasteiger partial charge in [0.2, 0.25) is 0 Å². The van der Waals surface area contributed by atoms with Crippen LogP contribution < -0.4 is 10.6 Å². The van der Waals surface area contributed by atoms with Gasteiger partial charge < -0.3 is 5.11 Å². The standard InChI is InChI=1S/C17H19O2P/c18-17(19)13-7-8-14-20(15-9-3-1-4-10-15)16-11-5-2-6-12-16/h1-6,9-12H,7-8,13-14H2,(H,18,19). The van der Waals surface area contributed by atoms with Crippen LogP contribution in [0.1, 0.15) is 19.3 Å². The molecule has 0 saturated carbocycles. The van der Waals surface area contributed by atoms with Gasteiger partial charge in [0.25, 0.3) is 0 Å². The number of carbonyl (C=O) groups is 1. The highest BCUT2D eigenvalue weighted by atomic mass is 31.1. The molecule has 20 heavy (non-hydrogen) atoms. The summed E-state index contributed by atoms with van der Waals surface area (Å²) in [5, 5.41) is 11.4. The van der Waals surface area contributed by atoms with Crippen molar-refractivity contribution < 1.29 is 9.90 Å². The molecule has 2 aromatic carbocycles. The SMILES string of the molecule is O=C(O)CCCCP(c1ccccc1)c1ccccc1. The van der Waals surface area contributed by atoms with Gasteiger partial charge in [-0.15, -0.1) is 0 Å². The van der Waals surface area contributed by atoms with Crippen LogP contribution in [-0.2, 0) is 4.79 Å². The minimum atomic E-state index is -0.700. The molecule has 0 aliphatic carbocycles. The maximum Gasteiger partial charge on any atom is 0.303 e. The van der Waals surface area contributed by atoms with Crippen LogP contribution in [0.25, 0.3) is 0 Å². The van der Waals surface area contributed by atoms with Crippen molar-refractivity contribution in [2.75, 3.05) is 6.16 Å². The van der Waals surface area contributed by atoms with Gasteiger partial charge in [0.15, 0.2) is 0 Å². The zero-order chi connectivity index (χ0) is 14.2. The third-order valence-corrected chi connectivity index (χ3v) is 5.76. The summed E-state index contributed by atoms with van der Waals surface area (Å²) in [5.41, 5.74) is 0. The molecule has 0 radical (unpaired) electrons. The fourth-order valence-corrected chi connectivity index (χ4v) is 4.59. The molecular weight excluding hydrogens is 267 g/mol. The molecule has 0 spiro atoms. The Labute approximate surface area is 121 Å². The molecule has 0 aliphatic rings. The summed E-state index contributed by atoms with van der Waals surface area (Å²) in [4.78, 5) is 10.6. The number of aliphatic carboxylic acids is 1. The maximum absolute atomic E-state index is 10.6. The van der Waals surface area contributed by atoms with E-state index in [4.69, 9.17) is 5.11 Å². The molecule has 0 bridgehead atoms. The normalized spacial score (nSPS) is 10.7. The van der Waals surface area contributed by atoms with Crippen molar-refractivity contribution in [3.8, 4) is 0 Å². The van der Waals surface area contributed by atoms with Crippen LogP contribution in [0, 0.1) is 0 Å². The van der Waals surface area contributed by atoms with Gasteiger partial charge >= 0.3 is 5.97 Å². The third kappa shape index (κ3) is 4.47. The summed E-state index contributed by atoms with van der Waals surface area (Å²) < 4.78 is 0. The zero-order valence-electron chi connectivity index (χ0n) is 11.4. The molecule has 2 rings (SSSR count). The number of carboxylic acid groups (broad SMARTS) is 1. The Hall–Kier alpha value is -1.66. The molecule has 0 saturated heterocycles. The summed E-state index contributed by atoms with van der Waals surface area (Å²) >= 11 is 0. The van der Waals surface area contributed by atoms with Crippen molar-refractivity contribution in [1.82, 2.24) is 0 Å². The van der Waals surface area contributed by atoms with Crippen LogP contribution in [0.5, 0.6) is 0 Å². The Kier molecular flexibility index (Phi) is 5.76. The van der Waals surface area contributed by atoms with Crippen molar-refractivity contribution in [3.05, 3.63) is 60.7 Å². The van der Waals surface area contributed by atoms with Crippen LogP contribution >= 0.6 is 7.92 Å². The number of hydrogen-bond acceptors (Lipinski definition) is 1. The first-order valence-corrected chi connectivity index (χ1v) is 8.39. The smallest absolute Gasteiger partial charge is 0.303 e. The van der Waals surface area contributed by atoms with Crippen LogP contribution in [0.2, 0.25) is 0 Å². The third-order valence-electron chi connectivity index (χ3n) is 3.16. The first-order valence-electron chi connectivity index (χ1n) is 6.87. The second-order valence-corrected chi connectivity index (χ2v) is 7.01. The average Bonchev–Trinajstić information content (AvgIpc) is 2.49. The second-order valence-electron chi connectivity index (χ2n) is 4.67. The van der Waals surface area contributed by atoms with Gasteiger partial charge in [0, 0.05) is 6.42 Å². The molecule has 0 atom stereocenters. The van der Waals surface area contributed by atoms with Crippen LogP contribution in [0.4, 0.5) is 0 Å². The number of hydrogen-bond donors (Lipinski definition) is 1. The van der Waals surface area contributed by atoms with E-state index in [0.29, 0.717) is 0 Å². The summed E-state index contributed by atoms with van der Waals surface area (Å²) in [7, 11) is -0.375. The van der Waals surface area contributed by atoms with Gasteiger partial charge in [-0.25, -0.2) is 0 Å². The molecule has 2 nitrogen and oxygen atoms in total. The summed E-state index contributed by atoms with van der Waals surface area (Å²) in [5.74, 6) is -0.700. The minimum absolute atomic E-state index is 0.271. The fraction of sp³-hybridized carbons (Fsp3) is 0.235. The van der Waals surface area contributed by atoms with E-state index >= 15 is 0 Å². The van der Waals surface area contributed by atoms with Crippen molar-refractivity contribution in [2.24, 2.45) is 0 Å². The van der Waals surface area contributed by atoms with Gasteiger partial charge in [-0.1, -0.05) is 60.7 Å². The molecule has 104 valence electrons. The van der Waals surface area contributed by atoms with Crippen LogP contribution in [0.15, 0.2) is 60.7 Å². The number of benzene rings is 2. The summed E-state index contributed by atoms with van der Waals surface area (Å²) in [6.45, 7) is 0. The average molecular weight is 286 g/mol. The Morgan fingerprint density at radius 3 is 1.80 bits per heavy atom. The minimum Gasteiger partial charge on any atom is -0.481 e. The number of unbranched alkanes of at least 4 members (excludes halogenated alkanes) is 1. The highest BCUT2D eigenvalue weighted by molar-refractivity contribution is 7.73. The molecule has 3 heteroatoms. The molecule has 0 aliphatic heterocycles. The van der Waals surface area contributed by atoms with E-state index in [1.807, 2.05) is 12.1 Å². The van der Waals surface area contributed by atoms with E-state index in [1.54, 1.807) is 0 Å². The van der Waals surface area contributed by atoms with Crippen molar-refractivity contribution in [3.63, 3.8) is 0 Å². The van der Waals surface area contributed by atoms with Crippen LogP contribution in [-0.4, -0.2) is 17.2 Å². The molecule has 0 unspecified atom stereocenters. The lowest BCUT2D eigenvalue weighted by atomic mass is 10.2. The van der Waals surface area contributed by atoms with E-state index in [1.165, 1.54) is 10.6 Å². The predicted molar refractivity (Wildman–Crippen MR) is 85.4 cm³/mol. The monoisotopic (exact) mass is 286 g/mol. The second kappa shape index (κ2) is 7.81. The first-order chi connectivity index (χ1) is 9.77. The molecule has 0 fully saturated rings. The summed E-state index contributed by atoms with van der Waals surface area (Å²) in [6.07, 6.45) is 3.04. The quantitative estimate of drug-likeness (QED) is 0.626. The number of carboxylic acids is 1. The lowest BCUT2D eigenvalue weighted by molar-refractivity contribution is -0.137. The number of rotatable bonds is 7. The largest absolute Gasteiger partial charge is 0.481 e. The van der Waals surface area contributed by atoms with E-state index in [9.17, 15) is 4.79 Å². The molecule has 1 N–H and O–H groups in total. The Morgan fingerprint density at radius 2 is 1.35 bits per heavy atom. The molecule has 2 aromatic rings. The van der Waals surface area contributed by atoms with E-state index in [0.717, 1.165) is 19.0 Å². The van der Waals surface area contributed by atoms with Gasteiger partial charge in [0.1, 0.15) is 0 Å². The van der Waals surface area contributed by atoms with Gasteiger partial charge in [-0.3, -0.25) is 4.79 Å². The van der Waals surface area contributed by atoms with E-state index in [2.05, 4.69) is 48.5 Å². The Balaban J connectivity index is 2.07. The van der Waals surface area contributed by atoms with Gasteiger partial charge in [-0.2, -0.15) is 0 Å². The Morgan fingerprint density at radius 1 is 0.850 bits per heavy atom. The van der Waals surface area contributed by atoms with Crippen molar-refractivity contribution in [1.29, 1.82) is 0 Å². The van der Waals surface area contributed by atoms with Gasteiger partial charge in [0.05, 0.1) is 0 Å². The molecule has 0 aromatic heterocycles. The molecule has 0 heterocycles. The Bertz CT molecular complexity index is 486. The fourth-order valence-electron chi connectivity index (χ4n) is 2.17. The molecule has 0 amide bonds. The topological polar surface area (TPSA) is 37.3 Å². The highest BCUT2D eigenvalue weighted by Gasteiger charge is 2.12. The molecular formula is C17H19O2P. The van der Waals surface area contributed by atoms with Crippen molar-refractivity contribution in [2.45, 2.75) is 19.3 Å². The van der Waals surface area contributed by atoms with Crippen LogP contribution in [0.3, 0.4) is 0 Å². The maximum atomic E-state index is 10.6. The summed E-state index contributed by atoms with van der Waals surface area (Å²) in [6, 6.07) is 21.1. The zero-order valence-corrected chi connectivity index (χ0v) is 12.3. The first kappa shape index (κ1) is 14.7. The predicted octanol–water partition coefficient (Wildman–Crippen LogP) is 3.37. The highest BCUT2D eigenvalue weighted by Crippen LogP contribution is 2.34. The van der Waals surface area contributed by atoms with E-state index < -0.39 is 5.97 Å². The van der Waals surface area contributed by atoms with E-state index in [-0.39, 0.29) is 14.3 Å².